The van der Waals surface area contributed by atoms with Gasteiger partial charge in [0.15, 0.2) is 0 Å². The first-order chi connectivity index (χ1) is 6.65. The number of hydrogen-bond acceptors (Lipinski definition) is 2. The fraction of sp³-hybridized carbons (Fsp3) is 0.500. The predicted molar refractivity (Wildman–Crippen MR) is 59.9 cm³/mol. The van der Waals surface area contributed by atoms with Crippen molar-refractivity contribution in [2.75, 3.05) is 5.73 Å². The molecule has 1 saturated carbocycles. The molecule has 0 spiro atoms. The maximum Gasteiger partial charge on any atom is 0.0320 e. The van der Waals surface area contributed by atoms with Crippen LogP contribution in [0.1, 0.15) is 36.4 Å². The first-order valence-corrected chi connectivity index (χ1v) is 5.28. The van der Waals surface area contributed by atoms with Gasteiger partial charge in [0, 0.05) is 11.7 Å². The number of aryl methyl sites for hydroxylation is 1. The van der Waals surface area contributed by atoms with Crippen LogP contribution in [0.4, 0.5) is 5.69 Å². The quantitative estimate of drug-likeness (QED) is 0.719. The highest BCUT2D eigenvalue weighted by Gasteiger charge is 2.24. The van der Waals surface area contributed by atoms with Crippen LogP contribution >= 0.6 is 0 Å². The van der Waals surface area contributed by atoms with Crippen LogP contribution in [-0.2, 0) is 0 Å². The standard InChI is InChI=1S/C12H18N2/c1-8-4-10(7-11(13)5-8)12(14)6-9-2-3-9/h4-5,7,9,12H,2-3,6,13-14H2,1H3. The molecule has 1 aliphatic rings. The number of benzene rings is 1. The molecule has 0 aliphatic heterocycles. The molecule has 1 fully saturated rings. The summed E-state index contributed by atoms with van der Waals surface area (Å²) < 4.78 is 0. The van der Waals surface area contributed by atoms with Gasteiger partial charge in [-0.05, 0) is 42.5 Å². The number of nitrogens with two attached hydrogens (primary N) is 2. The summed E-state index contributed by atoms with van der Waals surface area (Å²) >= 11 is 0. The number of nitrogen functional groups attached to an aromatic ring is 1. The third-order valence-corrected chi connectivity index (χ3v) is 2.83. The fourth-order valence-electron chi connectivity index (χ4n) is 1.91. The highest BCUT2D eigenvalue weighted by atomic mass is 14.6. The van der Waals surface area contributed by atoms with Gasteiger partial charge in [-0.3, -0.25) is 0 Å². The summed E-state index contributed by atoms with van der Waals surface area (Å²) in [4.78, 5) is 0. The number of hydrogen-bond donors (Lipinski definition) is 2. The van der Waals surface area contributed by atoms with Crippen LogP contribution in [0.3, 0.4) is 0 Å². The van der Waals surface area contributed by atoms with Crippen molar-refractivity contribution < 1.29 is 0 Å². The predicted octanol–water partition coefficient (Wildman–Crippen LogP) is 2.38. The summed E-state index contributed by atoms with van der Waals surface area (Å²) in [5.41, 5.74) is 15.1. The van der Waals surface area contributed by atoms with E-state index >= 15 is 0 Å². The Bertz CT molecular complexity index is 309. The van der Waals surface area contributed by atoms with E-state index in [0.717, 1.165) is 18.0 Å². The summed E-state index contributed by atoms with van der Waals surface area (Å²) in [5, 5.41) is 0. The van der Waals surface area contributed by atoms with Gasteiger partial charge in [-0.2, -0.15) is 0 Å². The zero-order valence-corrected chi connectivity index (χ0v) is 8.66. The summed E-state index contributed by atoms with van der Waals surface area (Å²) in [7, 11) is 0. The lowest BCUT2D eigenvalue weighted by molar-refractivity contribution is 0.597. The number of anilines is 1. The molecule has 4 N–H and O–H groups in total. The first-order valence-electron chi connectivity index (χ1n) is 5.28. The third kappa shape index (κ3) is 2.26. The lowest BCUT2D eigenvalue weighted by Gasteiger charge is -2.12. The Balaban J connectivity index is 2.12. The molecule has 2 heteroatoms. The zero-order valence-electron chi connectivity index (χ0n) is 8.66. The smallest absolute Gasteiger partial charge is 0.0320 e. The Morgan fingerprint density at radius 3 is 2.64 bits per heavy atom. The monoisotopic (exact) mass is 190 g/mol. The van der Waals surface area contributed by atoms with Crippen LogP contribution < -0.4 is 11.5 Å². The topological polar surface area (TPSA) is 52.0 Å². The van der Waals surface area contributed by atoms with Crippen molar-refractivity contribution in [3.63, 3.8) is 0 Å². The van der Waals surface area contributed by atoms with Gasteiger partial charge in [-0.1, -0.05) is 18.9 Å². The average Bonchev–Trinajstić information content (AvgIpc) is 2.86. The first kappa shape index (κ1) is 9.53. The summed E-state index contributed by atoms with van der Waals surface area (Å²) in [6.07, 6.45) is 3.83. The minimum absolute atomic E-state index is 0.171. The molecule has 1 atom stereocenters. The van der Waals surface area contributed by atoms with Gasteiger partial charge in [0.05, 0.1) is 0 Å². The molecule has 1 unspecified atom stereocenters. The van der Waals surface area contributed by atoms with E-state index in [1.807, 2.05) is 12.1 Å². The second-order valence-corrected chi connectivity index (χ2v) is 4.46. The molecule has 0 amide bonds. The average molecular weight is 190 g/mol. The molecule has 1 aromatic rings. The SMILES string of the molecule is Cc1cc(N)cc(C(N)CC2CC2)c1. The second-order valence-electron chi connectivity index (χ2n) is 4.46. The normalized spacial score (nSPS) is 18.1. The molecular formula is C12H18N2. The highest BCUT2D eigenvalue weighted by molar-refractivity contribution is 5.45. The highest BCUT2D eigenvalue weighted by Crippen LogP contribution is 2.37. The lowest BCUT2D eigenvalue weighted by Crippen LogP contribution is -2.11. The van der Waals surface area contributed by atoms with Crippen LogP contribution in [0.2, 0.25) is 0 Å². The fourth-order valence-corrected chi connectivity index (χ4v) is 1.91. The minimum Gasteiger partial charge on any atom is -0.399 e. The molecule has 0 radical (unpaired) electrons. The second kappa shape index (κ2) is 3.62. The number of rotatable bonds is 3. The van der Waals surface area contributed by atoms with Crippen molar-refractivity contribution in [3.8, 4) is 0 Å². The van der Waals surface area contributed by atoms with Crippen molar-refractivity contribution in [3.05, 3.63) is 29.3 Å². The Morgan fingerprint density at radius 1 is 1.36 bits per heavy atom. The largest absolute Gasteiger partial charge is 0.399 e. The molecule has 14 heavy (non-hydrogen) atoms. The van der Waals surface area contributed by atoms with E-state index in [4.69, 9.17) is 11.5 Å². The molecule has 0 bridgehead atoms. The lowest BCUT2D eigenvalue weighted by atomic mass is 10.00. The molecular weight excluding hydrogens is 172 g/mol. The van der Waals surface area contributed by atoms with Crippen molar-refractivity contribution in [1.82, 2.24) is 0 Å². The Labute approximate surface area is 85.3 Å². The van der Waals surface area contributed by atoms with Gasteiger partial charge in [0.1, 0.15) is 0 Å². The van der Waals surface area contributed by atoms with Crippen LogP contribution in [-0.4, -0.2) is 0 Å². The van der Waals surface area contributed by atoms with E-state index in [9.17, 15) is 0 Å². The van der Waals surface area contributed by atoms with Crippen molar-refractivity contribution in [2.45, 2.75) is 32.2 Å². The minimum atomic E-state index is 0.171. The maximum absolute atomic E-state index is 6.12. The third-order valence-electron chi connectivity index (χ3n) is 2.83. The van der Waals surface area contributed by atoms with E-state index in [2.05, 4.69) is 13.0 Å². The molecule has 2 rings (SSSR count). The molecule has 76 valence electrons. The Hall–Kier alpha value is -1.02. The van der Waals surface area contributed by atoms with Gasteiger partial charge < -0.3 is 11.5 Å². The van der Waals surface area contributed by atoms with Crippen molar-refractivity contribution >= 4 is 5.69 Å². The maximum atomic E-state index is 6.12. The Kier molecular flexibility index (Phi) is 2.46. The molecule has 1 aromatic carbocycles. The molecule has 0 heterocycles. The van der Waals surface area contributed by atoms with Crippen LogP contribution in [0.5, 0.6) is 0 Å². The van der Waals surface area contributed by atoms with Crippen LogP contribution in [0.15, 0.2) is 18.2 Å². The van der Waals surface area contributed by atoms with E-state index in [1.54, 1.807) is 0 Å². The van der Waals surface area contributed by atoms with Gasteiger partial charge in [-0.25, -0.2) is 0 Å². The summed E-state index contributed by atoms with van der Waals surface area (Å²) in [5.74, 6) is 0.867. The zero-order chi connectivity index (χ0) is 10.1. The van der Waals surface area contributed by atoms with E-state index in [-0.39, 0.29) is 6.04 Å². The van der Waals surface area contributed by atoms with Crippen LogP contribution in [0, 0.1) is 12.8 Å². The molecule has 2 nitrogen and oxygen atoms in total. The molecule has 1 aliphatic carbocycles. The van der Waals surface area contributed by atoms with Crippen molar-refractivity contribution in [1.29, 1.82) is 0 Å². The molecule has 0 saturated heterocycles. The van der Waals surface area contributed by atoms with Crippen molar-refractivity contribution in [2.24, 2.45) is 11.7 Å². The molecule has 0 aromatic heterocycles. The van der Waals surface area contributed by atoms with Gasteiger partial charge in [-0.15, -0.1) is 0 Å². The summed E-state index contributed by atoms with van der Waals surface area (Å²) in [6, 6.07) is 6.29. The van der Waals surface area contributed by atoms with Gasteiger partial charge in [0.25, 0.3) is 0 Å². The Morgan fingerprint density at radius 2 is 2.07 bits per heavy atom. The van der Waals surface area contributed by atoms with E-state index in [0.29, 0.717) is 0 Å². The van der Waals surface area contributed by atoms with Gasteiger partial charge >= 0.3 is 0 Å². The van der Waals surface area contributed by atoms with Gasteiger partial charge in [0.2, 0.25) is 0 Å². The van der Waals surface area contributed by atoms with E-state index < -0.39 is 0 Å². The van der Waals surface area contributed by atoms with Crippen LogP contribution in [0.25, 0.3) is 0 Å². The summed E-state index contributed by atoms with van der Waals surface area (Å²) in [6.45, 7) is 2.06. The van der Waals surface area contributed by atoms with E-state index in [1.165, 1.54) is 24.0 Å².